The Kier molecular flexibility index (Phi) is 5.59. The number of benzene rings is 1. The lowest BCUT2D eigenvalue weighted by Crippen LogP contribution is -2.49. The largest absolute Gasteiger partial charge is 0.490 e. The highest BCUT2D eigenvalue weighted by atomic mass is 16.5. The van der Waals surface area contributed by atoms with Crippen molar-refractivity contribution in [1.29, 1.82) is 0 Å². The predicted molar refractivity (Wildman–Crippen MR) is 95.3 cm³/mol. The molecule has 0 saturated heterocycles. The van der Waals surface area contributed by atoms with Crippen LogP contribution in [0.3, 0.4) is 0 Å². The molecule has 23 heavy (non-hydrogen) atoms. The first-order valence-electron chi connectivity index (χ1n) is 8.34. The molecule has 1 radical (unpaired) electrons. The van der Waals surface area contributed by atoms with Crippen LogP contribution >= 0.6 is 0 Å². The van der Waals surface area contributed by atoms with E-state index < -0.39 is 11.2 Å². The van der Waals surface area contributed by atoms with Gasteiger partial charge >= 0.3 is 7.48 Å². The molecular formula is C19H28BO3. The van der Waals surface area contributed by atoms with Gasteiger partial charge < -0.3 is 14.5 Å². The van der Waals surface area contributed by atoms with Gasteiger partial charge in [-0.3, -0.25) is 0 Å². The van der Waals surface area contributed by atoms with E-state index in [4.69, 9.17) is 9.39 Å². The Morgan fingerprint density at radius 3 is 2.17 bits per heavy atom. The van der Waals surface area contributed by atoms with Gasteiger partial charge in [-0.15, -0.1) is 0 Å². The third kappa shape index (κ3) is 5.12. The summed E-state index contributed by atoms with van der Waals surface area (Å²) >= 11 is 0. The topological polar surface area (TPSA) is 38.7 Å². The minimum atomic E-state index is -0.919. The van der Waals surface area contributed by atoms with Gasteiger partial charge in [0.2, 0.25) is 0 Å². The van der Waals surface area contributed by atoms with Gasteiger partial charge in [-0.05, 0) is 65.5 Å². The first-order chi connectivity index (χ1) is 10.7. The fourth-order valence-corrected chi connectivity index (χ4v) is 2.29. The third-order valence-electron chi connectivity index (χ3n) is 4.79. The third-order valence-corrected chi connectivity index (χ3v) is 4.79. The van der Waals surface area contributed by atoms with Gasteiger partial charge in [0.15, 0.2) is 0 Å². The Morgan fingerprint density at radius 2 is 1.65 bits per heavy atom. The normalized spacial score (nSPS) is 17.2. The zero-order valence-corrected chi connectivity index (χ0v) is 14.8. The standard InChI is InChI=1S/C19H28BO3/c1-14-6-10-16(11-7-14)22-17-12-8-15(9-13-17)20-23-19(4,5)18(2,3)21/h8-9,12-13,16,21H,1,6-7,10-11H2,2-5H3. The summed E-state index contributed by atoms with van der Waals surface area (Å²) in [5.41, 5.74) is 0.706. The lowest BCUT2D eigenvalue weighted by atomic mass is 9.82. The Balaban J connectivity index is 1.86. The van der Waals surface area contributed by atoms with E-state index >= 15 is 0 Å². The molecule has 1 aromatic carbocycles. The van der Waals surface area contributed by atoms with E-state index in [9.17, 15) is 5.11 Å². The van der Waals surface area contributed by atoms with Crippen LogP contribution in [0.15, 0.2) is 36.4 Å². The number of hydrogen-bond donors (Lipinski definition) is 1. The minimum Gasteiger partial charge on any atom is -0.490 e. The Bertz CT molecular complexity index is 519. The summed E-state index contributed by atoms with van der Waals surface area (Å²) in [6, 6.07) is 7.88. The molecule has 1 aliphatic carbocycles. The van der Waals surface area contributed by atoms with Crippen LogP contribution < -0.4 is 10.2 Å². The molecule has 1 aromatic rings. The molecule has 0 spiro atoms. The van der Waals surface area contributed by atoms with Crippen LogP contribution in [0, 0.1) is 0 Å². The van der Waals surface area contributed by atoms with Gasteiger partial charge in [-0.2, -0.15) is 0 Å². The van der Waals surface area contributed by atoms with Crippen molar-refractivity contribution in [2.75, 3.05) is 0 Å². The molecule has 0 amide bonds. The molecule has 2 rings (SSSR count). The number of rotatable bonds is 6. The molecule has 1 aliphatic rings. The quantitative estimate of drug-likeness (QED) is 0.646. The second-order valence-corrected chi connectivity index (χ2v) is 7.44. The fraction of sp³-hybridized carbons (Fsp3) is 0.579. The monoisotopic (exact) mass is 315 g/mol. The molecule has 3 nitrogen and oxygen atoms in total. The Labute approximate surface area is 141 Å². The molecule has 0 unspecified atom stereocenters. The lowest BCUT2D eigenvalue weighted by Gasteiger charge is -2.37. The van der Waals surface area contributed by atoms with Gasteiger partial charge in [-0.25, -0.2) is 0 Å². The average molecular weight is 315 g/mol. The Hall–Kier alpha value is -1.26. The van der Waals surface area contributed by atoms with Crippen LogP contribution in [-0.4, -0.2) is 29.9 Å². The number of hydrogen-bond acceptors (Lipinski definition) is 3. The van der Waals surface area contributed by atoms with Crippen LogP contribution in [-0.2, 0) is 4.65 Å². The van der Waals surface area contributed by atoms with E-state index in [1.807, 2.05) is 38.1 Å². The maximum absolute atomic E-state index is 10.1. The summed E-state index contributed by atoms with van der Waals surface area (Å²) in [5, 5.41) is 10.1. The van der Waals surface area contributed by atoms with E-state index in [0.29, 0.717) is 6.10 Å². The van der Waals surface area contributed by atoms with Gasteiger partial charge in [0, 0.05) is 0 Å². The molecule has 1 fully saturated rings. The van der Waals surface area contributed by atoms with Crippen molar-refractivity contribution in [3.05, 3.63) is 36.4 Å². The minimum absolute atomic E-state index is 0.292. The Morgan fingerprint density at radius 1 is 1.09 bits per heavy atom. The number of allylic oxidation sites excluding steroid dienone is 1. The summed E-state index contributed by atoms with van der Waals surface area (Å²) in [7, 11) is 1.69. The summed E-state index contributed by atoms with van der Waals surface area (Å²) in [6.07, 6.45) is 4.53. The summed E-state index contributed by atoms with van der Waals surface area (Å²) < 4.78 is 11.8. The molecule has 1 saturated carbocycles. The fourth-order valence-electron chi connectivity index (χ4n) is 2.29. The zero-order chi connectivity index (χ0) is 17.1. The van der Waals surface area contributed by atoms with Gasteiger partial charge in [-0.1, -0.05) is 29.7 Å². The summed E-state index contributed by atoms with van der Waals surface area (Å²) in [5.74, 6) is 0.890. The highest BCUT2D eigenvalue weighted by Gasteiger charge is 2.35. The smallest absolute Gasteiger partial charge is 0.330 e. The van der Waals surface area contributed by atoms with Crippen molar-refractivity contribution in [3.8, 4) is 5.75 Å². The molecule has 1 N–H and O–H groups in total. The van der Waals surface area contributed by atoms with Crippen LogP contribution in [0.5, 0.6) is 5.75 Å². The van der Waals surface area contributed by atoms with Crippen molar-refractivity contribution in [2.24, 2.45) is 0 Å². The molecule has 0 aromatic heterocycles. The van der Waals surface area contributed by atoms with E-state index in [1.165, 1.54) is 5.57 Å². The van der Waals surface area contributed by atoms with Crippen LogP contribution in [0.25, 0.3) is 0 Å². The second-order valence-electron chi connectivity index (χ2n) is 7.44. The first kappa shape index (κ1) is 18.1. The van der Waals surface area contributed by atoms with Crippen molar-refractivity contribution >= 4 is 12.9 Å². The molecular weight excluding hydrogens is 287 g/mol. The van der Waals surface area contributed by atoms with Crippen LogP contribution in [0.4, 0.5) is 0 Å². The lowest BCUT2D eigenvalue weighted by molar-refractivity contribution is -0.0893. The van der Waals surface area contributed by atoms with E-state index in [1.54, 1.807) is 21.3 Å². The summed E-state index contributed by atoms with van der Waals surface area (Å²) in [6.45, 7) is 11.3. The number of ether oxygens (including phenoxy) is 1. The van der Waals surface area contributed by atoms with Gasteiger partial charge in [0.25, 0.3) is 0 Å². The molecule has 0 atom stereocenters. The molecule has 0 heterocycles. The van der Waals surface area contributed by atoms with Crippen molar-refractivity contribution < 1.29 is 14.5 Å². The SMILES string of the molecule is C=C1CCC(Oc2ccc([B]OC(C)(C)C(C)(C)O)cc2)CC1. The van der Waals surface area contributed by atoms with Crippen LogP contribution in [0.1, 0.15) is 53.4 Å². The van der Waals surface area contributed by atoms with Gasteiger partial charge in [0.05, 0.1) is 17.3 Å². The average Bonchev–Trinajstić information content (AvgIpc) is 2.48. The first-order valence-corrected chi connectivity index (χ1v) is 8.34. The maximum Gasteiger partial charge on any atom is 0.330 e. The van der Waals surface area contributed by atoms with Crippen molar-refractivity contribution in [1.82, 2.24) is 0 Å². The van der Waals surface area contributed by atoms with E-state index in [-0.39, 0.29) is 0 Å². The van der Waals surface area contributed by atoms with E-state index in [0.717, 1.165) is 36.9 Å². The van der Waals surface area contributed by atoms with Gasteiger partial charge in [0.1, 0.15) is 5.75 Å². The van der Waals surface area contributed by atoms with Crippen molar-refractivity contribution in [3.63, 3.8) is 0 Å². The maximum atomic E-state index is 10.1. The van der Waals surface area contributed by atoms with Crippen molar-refractivity contribution in [2.45, 2.75) is 70.7 Å². The highest BCUT2D eigenvalue weighted by Crippen LogP contribution is 2.26. The highest BCUT2D eigenvalue weighted by molar-refractivity contribution is 6.47. The van der Waals surface area contributed by atoms with Crippen LogP contribution in [0.2, 0.25) is 0 Å². The molecule has 125 valence electrons. The van der Waals surface area contributed by atoms with E-state index in [2.05, 4.69) is 6.58 Å². The predicted octanol–water partition coefficient (Wildman–Crippen LogP) is 3.37. The summed E-state index contributed by atoms with van der Waals surface area (Å²) in [4.78, 5) is 0. The number of aliphatic hydroxyl groups is 1. The molecule has 0 bridgehead atoms. The zero-order valence-electron chi connectivity index (χ0n) is 14.8. The molecule has 0 aliphatic heterocycles. The molecule has 4 heteroatoms. The second kappa shape index (κ2) is 7.10.